The fraction of sp³-hybridized carbons (Fsp3) is 0.710. The molecule has 3 N–H and O–H groups in total. The van der Waals surface area contributed by atoms with E-state index in [0.717, 1.165) is 32.1 Å². The van der Waals surface area contributed by atoms with E-state index < -0.39 is 17.2 Å². The van der Waals surface area contributed by atoms with E-state index in [1.807, 2.05) is 0 Å². The Labute approximate surface area is 230 Å². The molecule has 8 heteroatoms. The molecular formula is C31H43FN2O5. The molecule has 0 spiro atoms. The number of aliphatic carboxylic acids is 1. The smallest absolute Gasteiger partial charge is 0.309 e. The molecule has 2 bridgehead atoms. The fourth-order valence-electron chi connectivity index (χ4n) is 7.63. The Morgan fingerprint density at radius 2 is 1.74 bits per heavy atom. The van der Waals surface area contributed by atoms with Gasteiger partial charge in [-0.1, -0.05) is 13.3 Å². The Hall–Kier alpha value is -2.64. The van der Waals surface area contributed by atoms with Gasteiger partial charge in [-0.05, 0) is 106 Å². The van der Waals surface area contributed by atoms with Crippen molar-refractivity contribution >= 4 is 17.8 Å². The maximum Gasteiger partial charge on any atom is 0.309 e. The van der Waals surface area contributed by atoms with Gasteiger partial charge >= 0.3 is 5.97 Å². The largest absolute Gasteiger partial charge is 0.496 e. The number of carboxylic acid groups (broad SMARTS) is 1. The molecule has 4 atom stereocenters. The van der Waals surface area contributed by atoms with Crippen molar-refractivity contribution in [2.75, 3.05) is 13.7 Å². The van der Waals surface area contributed by atoms with Crippen LogP contribution in [0.5, 0.6) is 5.75 Å². The zero-order valence-corrected chi connectivity index (χ0v) is 23.5. The number of carboxylic acids is 1. The quantitative estimate of drug-likeness (QED) is 0.402. The van der Waals surface area contributed by atoms with Gasteiger partial charge in [-0.15, -0.1) is 0 Å². The topological polar surface area (TPSA) is 105 Å². The third-order valence-electron chi connectivity index (χ3n) is 10.6. The summed E-state index contributed by atoms with van der Waals surface area (Å²) in [6.07, 6.45) is 9.42. The number of amides is 2. The lowest BCUT2D eigenvalue weighted by Gasteiger charge is -2.39. The molecule has 0 saturated heterocycles. The van der Waals surface area contributed by atoms with E-state index in [-0.39, 0.29) is 58.3 Å². The van der Waals surface area contributed by atoms with E-state index in [1.165, 1.54) is 19.6 Å². The molecular weight excluding hydrogens is 499 g/mol. The highest BCUT2D eigenvalue weighted by Gasteiger charge is 2.51. The first kappa shape index (κ1) is 27.9. The molecule has 0 radical (unpaired) electrons. The number of fused-ring (bicyclic) bond motifs is 2. The van der Waals surface area contributed by atoms with Gasteiger partial charge in [-0.2, -0.15) is 0 Å². The standard InChI is InChI=1S/C31H43FN2O5/c1-30(9-4-10-30)17-33-28(36)25-19-5-6-20(14-19)26(25)34-27(35)22-15-21(23(32)16-24(22)39-3)13-18-7-11-31(2,12-8-18)29(37)38/h15-16,18-20,25-26H,4-14,17H2,1-3H3,(H,33,36)(H,34,35)(H,37,38)/t18-,19-,20+,25+,26-,31-/m1/s1. The van der Waals surface area contributed by atoms with Crippen LogP contribution in [0.1, 0.15) is 94.0 Å². The summed E-state index contributed by atoms with van der Waals surface area (Å²) in [6.45, 7) is 4.68. The molecule has 214 valence electrons. The minimum Gasteiger partial charge on any atom is -0.496 e. The summed E-state index contributed by atoms with van der Waals surface area (Å²) >= 11 is 0. The molecule has 7 nitrogen and oxygen atoms in total. The van der Waals surface area contributed by atoms with Gasteiger partial charge in [-0.3, -0.25) is 14.4 Å². The maximum atomic E-state index is 15.1. The Morgan fingerprint density at radius 1 is 1.05 bits per heavy atom. The molecule has 4 aliphatic carbocycles. The van der Waals surface area contributed by atoms with Crippen LogP contribution >= 0.6 is 0 Å². The number of ether oxygens (including phenoxy) is 1. The molecule has 1 aromatic carbocycles. The third-order valence-corrected chi connectivity index (χ3v) is 10.6. The van der Waals surface area contributed by atoms with Crippen molar-refractivity contribution in [3.8, 4) is 5.75 Å². The molecule has 5 rings (SSSR count). The van der Waals surface area contributed by atoms with E-state index in [0.29, 0.717) is 44.2 Å². The summed E-state index contributed by atoms with van der Waals surface area (Å²) in [5, 5.41) is 15.9. The summed E-state index contributed by atoms with van der Waals surface area (Å²) in [7, 11) is 1.42. The number of carbonyl (C=O) groups is 3. The Kier molecular flexibility index (Phi) is 7.68. The SMILES string of the molecule is COc1cc(F)c(C[C@H]2CC[C@](C)(C(=O)O)CC2)cc1C(=O)N[C@@H]1[C@H]2CC[C@H](C2)[C@@H]1C(=O)NCC1(C)CCC1. The number of hydrogen-bond acceptors (Lipinski definition) is 4. The number of carbonyl (C=O) groups excluding carboxylic acids is 2. The Bertz CT molecular complexity index is 1120. The molecule has 4 saturated carbocycles. The van der Waals surface area contributed by atoms with Gasteiger partial charge in [0, 0.05) is 18.7 Å². The summed E-state index contributed by atoms with van der Waals surface area (Å²) in [5.41, 5.74) is 0.193. The molecule has 1 aromatic rings. The minimum atomic E-state index is -0.777. The molecule has 2 amide bonds. The molecule has 0 aliphatic heterocycles. The molecule has 39 heavy (non-hydrogen) atoms. The van der Waals surface area contributed by atoms with Gasteiger partial charge in [0.1, 0.15) is 11.6 Å². The third kappa shape index (κ3) is 5.53. The Balaban J connectivity index is 1.28. The summed E-state index contributed by atoms with van der Waals surface area (Å²) in [4.78, 5) is 38.5. The highest BCUT2D eigenvalue weighted by molar-refractivity contribution is 5.98. The van der Waals surface area contributed by atoms with Crippen molar-refractivity contribution in [1.29, 1.82) is 0 Å². The number of benzene rings is 1. The number of methoxy groups -OCH3 is 1. The van der Waals surface area contributed by atoms with Crippen LogP contribution in [-0.2, 0) is 16.0 Å². The van der Waals surface area contributed by atoms with E-state index in [1.54, 1.807) is 13.0 Å². The van der Waals surface area contributed by atoms with Crippen LogP contribution in [0.3, 0.4) is 0 Å². The molecule has 0 heterocycles. The van der Waals surface area contributed by atoms with Gasteiger partial charge in [-0.25, -0.2) is 4.39 Å². The van der Waals surface area contributed by atoms with Crippen LogP contribution in [0.15, 0.2) is 12.1 Å². The van der Waals surface area contributed by atoms with Crippen molar-refractivity contribution in [1.82, 2.24) is 10.6 Å². The van der Waals surface area contributed by atoms with E-state index >= 15 is 4.39 Å². The van der Waals surface area contributed by atoms with Crippen molar-refractivity contribution in [2.45, 2.75) is 90.5 Å². The number of halogens is 1. The highest BCUT2D eigenvalue weighted by Crippen LogP contribution is 2.49. The minimum absolute atomic E-state index is 0.0399. The predicted molar refractivity (Wildman–Crippen MR) is 145 cm³/mol. The van der Waals surface area contributed by atoms with Gasteiger partial charge in [0.05, 0.1) is 24.0 Å². The molecule has 0 unspecified atom stereocenters. The van der Waals surface area contributed by atoms with Crippen molar-refractivity contribution in [3.63, 3.8) is 0 Å². The van der Waals surface area contributed by atoms with E-state index in [4.69, 9.17) is 4.74 Å². The second-order valence-electron chi connectivity index (χ2n) is 13.4. The van der Waals surface area contributed by atoms with E-state index in [9.17, 15) is 19.5 Å². The van der Waals surface area contributed by atoms with Gasteiger partial charge in [0.15, 0.2) is 0 Å². The number of rotatable bonds is 9. The van der Waals surface area contributed by atoms with Crippen LogP contribution in [-0.4, -0.2) is 42.6 Å². The van der Waals surface area contributed by atoms with Gasteiger partial charge < -0.3 is 20.5 Å². The average Bonchev–Trinajstić information content (AvgIpc) is 3.50. The van der Waals surface area contributed by atoms with E-state index in [2.05, 4.69) is 17.6 Å². The average molecular weight is 543 g/mol. The lowest BCUT2D eigenvalue weighted by molar-refractivity contribution is -0.150. The second kappa shape index (κ2) is 10.7. The van der Waals surface area contributed by atoms with Crippen LogP contribution in [0.4, 0.5) is 4.39 Å². The normalized spacial score (nSPS) is 32.8. The van der Waals surface area contributed by atoms with Gasteiger partial charge in [0.2, 0.25) is 5.91 Å². The lowest BCUT2D eigenvalue weighted by Crippen LogP contribution is -2.51. The van der Waals surface area contributed by atoms with Crippen molar-refractivity contribution in [3.05, 3.63) is 29.1 Å². The van der Waals surface area contributed by atoms with Crippen LogP contribution < -0.4 is 15.4 Å². The summed E-state index contributed by atoms with van der Waals surface area (Å²) in [5.74, 6) is -0.849. The Morgan fingerprint density at radius 3 is 2.36 bits per heavy atom. The van der Waals surface area contributed by atoms with Crippen molar-refractivity contribution < 1.29 is 28.6 Å². The van der Waals surface area contributed by atoms with Gasteiger partial charge in [0.25, 0.3) is 5.91 Å². The second-order valence-corrected chi connectivity index (χ2v) is 13.4. The zero-order valence-electron chi connectivity index (χ0n) is 23.5. The zero-order chi connectivity index (χ0) is 27.9. The predicted octanol–water partition coefficient (Wildman–Crippen LogP) is 5.11. The fourth-order valence-corrected chi connectivity index (χ4v) is 7.63. The van der Waals surface area contributed by atoms with Crippen molar-refractivity contribution in [2.24, 2.45) is 34.5 Å². The number of nitrogens with one attached hydrogen (secondary N) is 2. The van der Waals surface area contributed by atoms with Crippen LogP contribution in [0, 0.1) is 40.3 Å². The molecule has 4 fully saturated rings. The summed E-state index contributed by atoms with van der Waals surface area (Å²) < 4.78 is 20.5. The summed E-state index contributed by atoms with van der Waals surface area (Å²) in [6, 6.07) is 2.63. The lowest BCUT2D eigenvalue weighted by atomic mass is 9.70. The highest BCUT2D eigenvalue weighted by atomic mass is 19.1. The number of hydrogen-bond donors (Lipinski definition) is 3. The molecule has 4 aliphatic rings. The maximum absolute atomic E-state index is 15.1. The van der Waals surface area contributed by atoms with Crippen LogP contribution in [0.2, 0.25) is 0 Å². The first-order valence-electron chi connectivity index (χ1n) is 14.7. The first-order valence-corrected chi connectivity index (χ1v) is 14.7. The molecule has 0 aromatic heterocycles. The first-order chi connectivity index (χ1) is 18.5. The van der Waals surface area contributed by atoms with Crippen LogP contribution in [0.25, 0.3) is 0 Å². The monoisotopic (exact) mass is 542 g/mol.